The molecule has 0 fully saturated rings. The number of nitrogens with zero attached hydrogens (tertiary/aromatic N) is 3. The Morgan fingerprint density at radius 1 is 1.17 bits per heavy atom. The van der Waals surface area contributed by atoms with Gasteiger partial charge >= 0.3 is 0 Å². The molecule has 3 N–H and O–H groups in total. The minimum absolute atomic E-state index is 0.0236. The van der Waals surface area contributed by atoms with Gasteiger partial charge in [0, 0.05) is 11.5 Å². The standard InChI is InChI=1S/C14H10N4O5S/c19-14-13(9-7-8(24(22)23)5-6-10(9)15-14)17-16-11-3-1-2-4-12(11)18(20)21/h1-7,15,19H,(H,22,23). The maximum atomic E-state index is 11.2. The van der Waals surface area contributed by atoms with E-state index < -0.39 is 16.0 Å². The number of fused-ring (bicyclic) bond motifs is 1. The molecule has 0 aliphatic carbocycles. The van der Waals surface area contributed by atoms with Crippen LogP contribution in [-0.2, 0) is 11.1 Å². The molecule has 1 unspecified atom stereocenters. The van der Waals surface area contributed by atoms with Crippen LogP contribution >= 0.6 is 0 Å². The Balaban J connectivity index is 2.10. The van der Waals surface area contributed by atoms with Crippen LogP contribution in [-0.4, -0.2) is 23.8 Å². The zero-order valence-electron chi connectivity index (χ0n) is 11.9. The lowest BCUT2D eigenvalue weighted by molar-refractivity contribution is -0.384. The van der Waals surface area contributed by atoms with E-state index >= 15 is 0 Å². The van der Waals surface area contributed by atoms with Crippen LogP contribution in [0.25, 0.3) is 10.9 Å². The Hall–Kier alpha value is -3.11. The predicted octanol–water partition coefficient (Wildman–Crippen LogP) is 3.78. The molecular weight excluding hydrogens is 336 g/mol. The summed E-state index contributed by atoms with van der Waals surface area (Å²) in [7, 11) is 0. The smallest absolute Gasteiger partial charge is 0.296 e. The Labute approximate surface area is 137 Å². The summed E-state index contributed by atoms with van der Waals surface area (Å²) in [4.78, 5) is 13.2. The van der Waals surface area contributed by atoms with E-state index in [4.69, 9.17) is 4.55 Å². The van der Waals surface area contributed by atoms with Crippen molar-refractivity contribution in [1.82, 2.24) is 4.98 Å². The Morgan fingerprint density at radius 3 is 2.62 bits per heavy atom. The van der Waals surface area contributed by atoms with E-state index in [1.165, 1.54) is 36.4 Å². The second-order valence-corrected chi connectivity index (χ2v) is 5.69. The van der Waals surface area contributed by atoms with Gasteiger partial charge in [-0.25, -0.2) is 4.21 Å². The van der Waals surface area contributed by atoms with Crippen LogP contribution in [0.3, 0.4) is 0 Å². The van der Waals surface area contributed by atoms with Gasteiger partial charge in [0.1, 0.15) is 0 Å². The molecule has 122 valence electrons. The topological polar surface area (TPSA) is 141 Å². The van der Waals surface area contributed by atoms with Crippen LogP contribution in [0, 0.1) is 10.1 Å². The number of H-pyrrole nitrogens is 1. The summed E-state index contributed by atoms with van der Waals surface area (Å²) in [6.07, 6.45) is 0. The predicted molar refractivity (Wildman–Crippen MR) is 86.3 cm³/mol. The van der Waals surface area contributed by atoms with Crippen molar-refractivity contribution in [3.8, 4) is 5.88 Å². The van der Waals surface area contributed by atoms with Crippen molar-refractivity contribution in [3.63, 3.8) is 0 Å². The van der Waals surface area contributed by atoms with Gasteiger partial charge in [-0.1, -0.05) is 12.1 Å². The van der Waals surface area contributed by atoms with E-state index in [1.807, 2.05) is 0 Å². The van der Waals surface area contributed by atoms with E-state index in [0.717, 1.165) is 0 Å². The van der Waals surface area contributed by atoms with Crippen LogP contribution in [0.5, 0.6) is 5.88 Å². The zero-order chi connectivity index (χ0) is 17.3. The molecule has 0 radical (unpaired) electrons. The lowest BCUT2D eigenvalue weighted by Crippen LogP contribution is -1.87. The van der Waals surface area contributed by atoms with E-state index in [0.29, 0.717) is 10.9 Å². The van der Waals surface area contributed by atoms with Gasteiger partial charge in [-0.3, -0.25) is 10.1 Å². The second kappa shape index (κ2) is 6.18. The molecule has 3 aromatic rings. The van der Waals surface area contributed by atoms with Gasteiger partial charge in [-0.15, -0.1) is 10.2 Å². The molecule has 0 bridgehead atoms. The summed E-state index contributed by atoms with van der Waals surface area (Å²) in [5.74, 6) is -0.298. The van der Waals surface area contributed by atoms with Crippen molar-refractivity contribution in [2.75, 3.05) is 0 Å². The minimum Gasteiger partial charge on any atom is -0.493 e. The lowest BCUT2D eigenvalue weighted by Gasteiger charge is -1.97. The largest absolute Gasteiger partial charge is 0.493 e. The molecule has 3 rings (SSSR count). The fraction of sp³-hybridized carbons (Fsp3) is 0. The van der Waals surface area contributed by atoms with E-state index in [1.54, 1.807) is 6.07 Å². The van der Waals surface area contributed by atoms with Crippen molar-refractivity contribution in [2.24, 2.45) is 10.2 Å². The fourth-order valence-corrected chi connectivity index (χ4v) is 2.56. The van der Waals surface area contributed by atoms with Crippen molar-refractivity contribution >= 4 is 39.0 Å². The normalized spacial score (nSPS) is 12.7. The highest BCUT2D eigenvalue weighted by molar-refractivity contribution is 7.79. The highest BCUT2D eigenvalue weighted by Crippen LogP contribution is 2.38. The van der Waals surface area contributed by atoms with E-state index in [2.05, 4.69) is 15.2 Å². The van der Waals surface area contributed by atoms with Gasteiger partial charge in [-0.2, -0.15) is 0 Å². The first kappa shape index (κ1) is 15.8. The summed E-state index contributed by atoms with van der Waals surface area (Å²) in [6.45, 7) is 0. The molecule has 0 aliphatic heterocycles. The Bertz CT molecular complexity index is 998. The van der Waals surface area contributed by atoms with E-state index in [9.17, 15) is 19.4 Å². The average Bonchev–Trinajstić information content (AvgIpc) is 2.87. The maximum absolute atomic E-state index is 11.2. The molecule has 1 heterocycles. The lowest BCUT2D eigenvalue weighted by atomic mass is 10.2. The number of azo groups is 1. The monoisotopic (exact) mass is 346 g/mol. The van der Waals surface area contributed by atoms with Crippen LogP contribution < -0.4 is 0 Å². The SMILES string of the molecule is O=[N+]([O-])c1ccccc1N=Nc1c(O)[nH]c2ccc(S(=O)O)cc12. The number of nitrogens with one attached hydrogen (secondary N) is 1. The van der Waals surface area contributed by atoms with Gasteiger partial charge in [0.15, 0.2) is 22.5 Å². The third-order valence-corrected chi connectivity index (χ3v) is 3.92. The van der Waals surface area contributed by atoms with Crippen LogP contribution in [0.4, 0.5) is 17.1 Å². The van der Waals surface area contributed by atoms with Crippen molar-refractivity contribution in [1.29, 1.82) is 0 Å². The molecule has 0 saturated heterocycles. The van der Waals surface area contributed by atoms with E-state index in [-0.39, 0.29) is 27.8 Å². The molecule has 1 aromatic heterocycles. The zero-order valence-corrected chi connectivity index (χ0v) is 12.7. The van der Waals surface area contributed by atoms with Gasteiger partial charge in [0.25, 0.3) is 5.69 Å². The van der Waals surface area contributed by atoms with Gasteiger partial charge in [0.05, 0.1) is 15.3 Å². The first-order chi connectivity index (χ1) is 11.5. The molecule has 1 atom stereocenters. The van der Waals surface area contributed by atoms with Crippen molar-refractivity contribution < 1.29 is 18.8 Å². The summed E-state index contributed by atoms with van der Waals surface area (Å²) >= 11 is -2.19. The first-order valence-corrected chi connectivity index (χ1v) is 7.69. The third-order valence-electron chi connectivity index (χ3n) is 3.26. The first-order valence-electron chi connectivity index (χ1n) is 6.58. The number of para-hydroxylation sites is 1. The average molecular weight is 346 g/mol. The number of aromatic hydroxyl groups is 1. The number of hydrogen-bond acceptors (Lipinski definition) is 6. The number of aromatic amines is 1. The number of nitro benzene ring substituents is 1. The molecule has 9 nitrogen and oxygen atoms in total. The molecule has 0 amide bonds. The molecule has 10 heteroatoms. The van der Waals surface area contributed by atoms with Crippen LogP contribution in [0.15, 0.2) is 57.6 Å². The second-order valence-electron chi connectivity index (χ2n) is 4.72. The quantitative estimate of drug-likeness (QED) is 0.285. The summed E-state index contributed by atoms with van der Waals surface area (Å²) in [5.41, 5.74) is 0.310. The third kappa shape index (κ3) is 2.87. The summed E-state index contributed by atoms with van der Waals surface area (Å²) < 4.78 is 20.3. The van der Waals surface area contributed by atoms with Gasteiger partial charge in [0.2, 0.25) is 5.88 Å². The molecule has 0 saturated carbocycles. The van der Waals surface area contributed by atoms with Crippen LogP contribution in [0.2, 0.25) is 0 Å². The number of hydrogen-bond donors (Lipinski definition) is 3. The maximum Gasteiger partial charge on any atom is 0.296 e. The van der Waals surface area contributed by atoms with Gasteiger partial charge in [-0.05, 0) is 24.3 Å². The number of nitro groups is 1. The number of aromatic nitrogens is 1. The Morgan fingerprint density at radius 2 is 1.92 bits per heavy atom. The van der Waals surface area contributed by atoms with Gasteiger partial charge < -0.3 is 14.6 Å². The summed E-state index contributed by atoms with van der Waals surface area (Å²) in [6, 6.07) is 10.1. The van der Waals surface area contributed by atoms with Crippen LogP contribution in [0.1, 0.15) is 0 Å². The molecule has 0 aliphatic rings. The minimum atomic E-state index is -2.19. The highest BCUT2D eigenvalue weighted by atomic mass is 32.2. The fourth-order valence-electron chi connectivity index (χ4n) is 2.16. The Kier molecular flexibility index (Phi) is 4.06. The molecular formula is C14H10N4O5S. The summed E-state index contributed by atoms with van der Waals surface area (Å²) in [5, 5.41) is 29.0. The number of benzene rings is 2. The molecule has 2 aromatic carbocycles. The molecule has 24 heavy (non-hydrogen) atoms. The molecule has 0 spiro atoms. The van der Waals surface area contributed by atoms with Crippen molar-refractivity contribution in [2.45, 2.75) is 4.90 Å². The number of rotatable bonds is 4. The van der Waals surface area contributed by atoms with Crippen molar-refractivity contribution in [3.05, 3.63) is 52.6 Å². The highest BCUT2D eigenvalue weighted by Gasteiger charge is 2.15.